The molecule has 1 aromatic heterocycles. The van der Waals surface area contributed by atoms with Gasteiger partial charge in [0.25, 0.3) is 0 Å². The molecule has 0 unspecified atom stereocenters. The first-order chi connectivity index (χ1) is 10.2. The summed E-state index contributed by atoms with van der Waals surface area (Å²) in [5.41, 5.74) is 0. The fraction of sp³-hybridized carbons (Fsp3) is 0.786. The van der Waals surface area contributed by atoms with Crippen molar-refractivity contribution in [2.75, 3.05) is 26.2 Å². The number of aryl methyl sites for hydroxylation is 1. The maximum absolute atomic E-state index is 11.8. The van der Waals surface area contributed by atoms with Crippen molar-refractivity contribution in [3.63, 3.8) is 0 Å². The van der Waals surface area contributed by atoms with E-state index in [4.69, 9.17) is 9.26 Å². The summed E-state index contributed by atoms with van der Waals surface area (Å²) in [6.07, 6.45) is 3.60. The number of nitrogens with zero attached hydrogens (tertiary/aromatic N) is 3. The molecule has 118 valence electrons. The lowest BCUT2D eigenvalue weighted by Crippen LogP contribution is -2.46. The Morgan fingerprint density at radius 2 is 2.24 bits per heavy atom. The zero-order valence-electron chi connectivity index (χ0n) is 12.8. The monoisotopic (exact) mass is 296 g/mol. The fourth-order valence-electron chi connectivity index (χ4n) is 2.33. The fourth-order valence-corrected chi connectivity index (χ4v) is 2.33. The van der Waals surface area contributed by atoms with E-state index < -0.39 is 0 Å². The van der Waals surface area contributed by atoms with Crippen LogP contribution in [0, 0.1) is 6.92 Å². The number of aromatic nitrogens is 2. The molecule has 0 aromatic carbocycles. The normalized spacial score (nSPS) is 16.2. The maximum Gasteiger partial charge on any atom is 0.317 e. The molecule has 0 aliphatic carbocycles. The first-order valence-electron chi connectivity index (χ1n) is 7.62. The average molecular weight is 296 g/mol. The number of amides is 2. The van der Waals surface area contributed by atoms with Crippen LogP contribution in [0.15, 0.2) is 4.52 Å². The molecule has 7 heteroatoms. The van der Waals surface area contributed by atoms with Gasteiger partial charge in [0.05, 0.1) is 12.7 Å². The molecular weight excluding hydrogens is 272 g/mol. The van der Waals surface area contributed by atoms with E-state index in [0.717, 1.165) is 38.9 Å². The molecular formula is C14H24N4O3. The standard InChI is InChI=1S/C14H24N4O3/c1-3-7-15-14(19)18-8-4-12(5-9-18)20-10-6-13-16-11(2)21-17-13/h12H,3-10H2,1-2H3,(H,15,19). The Morgan fingerprint density at radius 1 is 1.48 bits per heavy atom. The van der Waals surface area contributed by atoms with Crippen molar-refractivity contribution in [1.29, 1.82) is 0 Å². The number of ether oxygens (including phenoxy) is 1. The van der Waals surface area contributed by atoms with Gasteiger partial charge in [-0.2, -0.15) is 4.98 Å². The van der Waals surface area contributed by atoms with E-state index in [2.05, 4.69) is 15.5 Å². The zero-order valence-corrected chi connectivity index (χ0v) is 12.8. The third kappa shape index (κ3) is 5.00. The number of urea groups is 1. The van der Waals surface area contributed by atoms with Crippen molar-refractivity contribution < 1.29 is 14.1 Å². The zero-order chi connectivity index (χ0) is 15.1. The van der Waals surface area contributed by atoms with Crippen LogP contribution in [-0.4, -0.2) is 53.4 Å². The van der Waals surface area contributed by atoms with E-state index in [1.54, 1.807) is 6.92 Å². The number of nitrogens with one attached hydrogen (secondary N) is 1. The smallest absolute Gasteiger partial charge is 0.317 e. The Hall–Kier alpha value is -1.63. The van der Waals surface area contributed by atoms with Gasteiger partial charge in [0.2, 0.25) is 5.89 Å². The minimum Gasteiger partial charge on any atom is -0.378 e. The number of carbonyl (C=O) groups excluding carboxylic acids is 1. The number of piperidine rings is 1. The lowest BCUT2D eigenvalue weighted by Gasteiger charge is -2.31. The van der Waals surface area contributed by atoms with Gasteiger partial charge in [0.15, 0.2) is 5.82 Å². The van der Waals surface area contributed by atoms with Crippen LogP contribution in [0.2, 0.25) is 0 Å². The third-order valence-electron chi connectivity index (χ3n) is 3.50. The summed E-state index contributed by atoms with van der Waals surface area (Å²) in [5, 5.41) is 6.74. The highest BCUT2D eigenvalue weighted by atomic mass is 16.5. The van der Waals surface area contributed by atoms with Crippen LogP contribution in [0.1, 0.15) is 37.9 Å². The van der Waals surface area contributed by atoms with E-state index in [1.807, 2.05) is 11.8 Å². The maximum atomic E-state index is 11.8. The summed E-state index contributed by atoms with van der Waals surface area (Å²) < 4.78 is 10.7. The summed E-state index contributed by atoms with van der Waals surface area (Å²) >= 11 is 0. The second kappa shape index (κ2) is 7.97. The van der Waals surface area contributed by atoms with Gasteiger partial charge in [-0.1, -0.05) is 12.1 Å². The first-order valence-corrected chi connectivity index (χ1v) is 7.62. The van der Waals surface area contributed by atoms with Gasteiger partial charge < -0.3 is 19.5 Å². The highest BCUT2D eigenvalue weighted by Crippen LogP contribution is 2.14. The molecule has 0 atom stereocenters. The van der Waals surface area contributed by atoms with E-state index >= 15 is 0 Å². The van der Waals surface area contributed by atoms with Crippen LogP contribution in [-0.2, 0) is 11.2 Å². The molecule has 1 N–H and O–H groups in total. The lowest BCUT2D eigenvalue weighted by atomic mass is 10.1. The molecule has 2 rings (SSSR count). The van der Waals surface area contributed by atoms with Gasteiger partial charge in [0.1, 0.15) is 0 Å². The van der Waals surface area contributed by atoms with Crippen molar-refractivity contribution in [2.45, 2.75) is 45.6 Å². The van der Waals surface area contributed by atoms with Crippen LogP contribution < -0.4 is 5.32 Å². The molecule has 0 saturated carbocycles. The summed E-state index contributed by atoms with van der Waals surface area (Å²) in [6.45, 7) is 6.65. The molecule has 0 radical (unpaired) electrons. The Balaban J connectivity index is 1.61. The van der Waals surface area contributed by atoms with Gasteiger partial charge in [0, 0.05) is 33.0 Å². The highest BCUT2D eigenvalue weighted by molar-refractivity contribution is 5.74. The molecule has 2 heterocycles. The number of rotatable bonds is 6. The molecule has 1 aromatic rings. The molecule has 21 heavy (non-hydrogen) atoms. The quantitative estimate of drug-likeness (QED) is 0.861. The minimum atomic E-state index is 0.0394. The summed E-state index contributed by atoms with van der Waals surface area (Å²) in [5.74, 6) is 1.26. The van der Waals surface area contributed by atoms with Crippen LogP contribution in [0.3, 0.4) is 0 Å². The van der Waals surface area contributed by atoms with Crippen LogP contribution in [0.25, 0.3) is 0 Å². The minimum absolute atomic E-state index is 0.0394. The summed E-state index contributed by atoms with van der Waals surface area (Å²) in [4.78, 5) is 17.8. The van der Waals surface area contributed by atoms with Gasteiger partial charge >= 0.3 is 6.03 Å². The number of likely N-dealkylation sites (tertiary alicyclic amines) is 1. The SMILES string of the molecule is CCCNC(=O)N1CCC(OCCc2noc(C)n2)CC1. The first kappa shape index (κ1) is 15.8. The Morgan fingerprint density at radius 3 is 2.86 bits per heavy atom. The molecule has 1 fully saturated rings. The van der Waals surface area contributed by atoms with Gasteiger partial charge in [-0.3, -0.25) is 0 Å². The van der Waals surface area contributed by atoms with Crippen LogP contribution in [0.4, 0.5) is 4.79 Å². The van der Waals surface area contributed by atoms with Crippen molar-refractivity contribution in [3.8, 4) is 0 Å². The topological polar surface area (TPSA) is 80.5 Å². The van der Waals surface area contributed by atoms with Crippen molar-refractivity contribution in [1.82, 2.24) is 20.4 Å². The second-order valence-corrected chi connectivity index (χ2v) is 5.27. The number of hydrogen-bond donors (Lipinski definition) is 1. The Labute approximate surface area is 125 Å². The Kier molecular flexibility index (Phi) is 5.98. The molecule has 1 saturated heterocycles. The van der Waals surface area contributed by atoms with Gasteiger partial charge in [-0.05, 0) is 19.3 Å². The van der Waals surface area contributed by atoms with Gasteiger partial charge in [-0.25, -0.2) is 4.79 Å². The molecule has 1 aliphatic rings. The molecule has 7 nitrogen and oxygen atoms in total. The number of carbonyl (C=O) groups is 1. The molecule has 1 aliphatic heterocycles. The predicted octanol–water partition coefficient (Wildman–Crippen LogP) is 1.52. The number of hydrogen-bond acceptors (Lipinski definition) is 5. The van der Waals surface area contributed by atoms with Crippen molar-refractivity contribution in [2.24, 2.45) is 0 Å². The van der Waals surface area contributed by atoms with Crippen molar-refractivity contribution >= 4 is 6.03 Å². The lowest BCUT2D eigenvalue weighted by molar-refractivity contribution is 0.0158. The average Bonchev–Trinajstić information content (AvgIpc) is 2.91. The van der Waals surface area contributed by atoms with E-state index in [1.165, 1.54) is 0 Å². The van der Waals surface area contributed by atoms with Crippen molar-refractivity contribution in [3.05, 3.63) is 11.7 Å². The second-order valence-electron chi connectivity index (χ2n) is 5.27. The highest BCUT2D eigenvalue weighted by Gasteiger charge is 2.22. The van der Waals surface area contributed by atoms with Gasteiger partial charge in [-0.15, -0.1) is 0 Å². The predicted molar refractivity (Wildman–Crippen MR) is 77.0 cm³/mol. The molecule has 0 spiro atoms. The van der Waals surface area contributed by atoms with Crippen LogP contribution >= 0.6 is 0 Å². The third-order valence-corrected chi connectivity index (χ3v) is 3.50. The van der Waals surface area contributed by atoms with E-state index in [9.17, 15) is 4.79 Å². The molecule has 2 amide bonds. The van der Waals surface area contributed by atoms with Crippen LogP contribution in [0.5, 0.6) is 0 Å². The van der Waals surface area contributed by atoms with E-state index in [0.29, 0.717) is 24.7 Å². The Bertz CT molecular complexity index is 441. The summed E-state index contributed by atoms with van der Waals surface area (Å²) in [7, 11) is 0. The summed E-state index contributed by atoms with van der Waals surface area (Å²) in [6, 6.07) is 0.0394. The molecule has 0 bridgehead atoms. The van der Waals surface area contributed by atoms with E-state index in [-0.39, 0.29) is 12.1 Å². The largest absolute Gasteiger partial charge is 0.378 e.